The Hall–Kier alpha value is -2.49. The maximum Gasteiger partial charge on any atom is 0.255 e. The summed E-state index contributed by atoms with van der Waals surface area (Å²) in [7, 11) is 1.58. The smallest absolute Gasteiger partial charge is 0.255 e. The Morgan fingerprint density at radius 2 is 1.92 bits per heavy atom. The van der Waals surface area contributed by atoms with Gasteiger partial charge in [0.1, 0.15) is 5.75 Å². The number of ether oxygens (including phenoxy) is 1. The van der Waals surface area contributed by atoms with E-state index < -0.39 is 0 Å². The van der Waals surface area contributed by atoms with Crippen molar-refractivity contribution in [2.24, 2.45) is 5.92 Å². The van der Waals surface area contributed by atoms with Gasteiger partial charge >= 0.3 is 0 Å². The standard InChI is InChI=1S/C22H28N2O2/c1-16-7-6-14-24(15-16)19-12-10-18(11-13-19)17(2)23-22(25)20-8-4-5-9-21(20)26-3/h4-5,8-13,16-17H,6-7,14-15H2,1-3H3,(H,23,25)/t16-,17-/m0/s1. The first-order chi connectivity index (χ1) is 12.6. The molecule has 1 heterocycles. The van der Waals surface area contributed by atoms with Crippen LogP contribution < -0.4 is 15.0 Å². The monoisotopic (exact) mass is 352 g/mol. The molecule has 0 aliphatic carbocycles. The van der Waals surface area contributed by atoms with Crippen LogP contribution in [0.3, 0.4) is 0 Å². The first-order valence-corrected chi connectivity index (χ1v) is 9.37. The Morgan fingerprint density at radius 3 is 2.62 bits per heavy atom. The molecule has 26 heavy (non-hydrogen) atoms. The summed E-state index contributed by atoms with van der Waals surface area (Å²) in [6.07, 6.45) is 2.58. The highest BCUT2D eigenvalue weighted by molar-refractivity contribution is 5.97. The number of piperidine rings is 1. The molecule has 0 bridgehead atoms. The third-order valence-electron chi connectivity index (χ3n) is 5.11. The number of para-hydroxylation sites is 1. The number of methoxy groups -OCH3 is 1. The van der Waals surface area contributed by atoms with Crippen LogP contribution in [0.1, 0.15) is 48.7 Å². The fourth-order valence-corrected chi connectivity index (χ4v) is 3.59. The van der Waals surface area contributed by atoms with Crippen molar-refractivity contribution in [3.05, 3.63) is 59.7 Å². The molecule has 3 rings (SSSR count). The third-order valence-corrected chi connectivity index (χ3v) is 5.11. The molecule has 1 N–H and O–H groups in total. The lowest BCUT2D eigenvalue weighted by atomic mass is 9.99. The number of hydrogen-bond acceptors (Lipinski definition) is 3. The Labute approximate surface area is 156 Å². The second-order valence-electron chi connectivity index (χ2n) is 7.18. The molecule has 1 aliphatic heterocycles. The molecule has 1 fully saturated rings. The number of amides is 1. The van der Waals surface area contributed by atoms with E-state index in [0.29, 0.717) is 11.3 Å². The average Bonchev–Trinajstić information content (AvgIpc) is 2.68. The van der Waals surface area contributed by atoms with E-state index in [2.05, 4.69) is 41.4 Å². The molecular weight excluding hydrogens is 324 g/mol. The summed E-state index contributed by atoms with van der Waals surface area (Å²) in [4.78, 5) is 15.0. The topological polar surface area (TPSA) is 41.6 Å². The zero-order valence-corrected chi connectivity index (χ0v) is 15.9. The fraction of sp³-hybridized carbons (Fsp3) is 0.409. The quantitative estimate of drug-likeness (QED) is 0.866. The highest BCUT2D eigenvalue weighted by Gasteiger charge is 2.18. The van der Waals surface area contributed by atoms with Crippen LogP contribution in [-0.4, -0.2) is 26.1 Å². The van der Waals surface area contributed by atoms with Gasteiger partial charge in [0.25, 0.3) is 5.91 Å². The molecule has 2 aromatic carbocycles. The number of nitrogens with one attached hydrogen (secondary N) is 1. The van der Waals surface area contributed by atoms with Gasteiger partial charge in [-0.1, -0.05) is 31.2 Å². The third kappa shape index (κ3) is 4.18. The van der Waals surface area contributed by atoms with Crippen LogP contribution >= 0.6 is 0 Å². The molecule has 1 saturated heterocycles. The molecule has 0 saturated carbocycles. The van der Waals surface area contributed by atoms with E-state index in [1.807, 2.05) is 19.1 Å². The van der Waals surface area contributed by atoms with E-state index in [1.54, 1.807) is 19.2 Å². The van der Waals surface area contributed by atoms with Crippen molar-refractivity contribution < 1.29 is 9.53 Å². The number of nitrogens with zero attached hydrogens (tertiary/aromatic N) is 1. The lowest BCUT2D eigenvalue weighted by molar-refractivity contribution is 0.0937. The SMILES string of the molecule is COc1ccccc1C(=O)N[C@@H](C)c1ccc(N2CCC[C@H](C)C2)cc1. The van der Waals surface area contributed by atoms with Crippen molar-refractivity contribution in [3.8, 4) is 5.75 Å². The lowest BCUT2D eigenvalue weighted by Gasteiger charge is -2.33. The fourth-order valence-electron chi connectivity index (χ4n) is 3.59. The normalized spacial score (nSPS) is 18.3. The minimum atomic E-state index is -0.121. The molecule has 2 aromatic rings. The van der Waals surface area contributed by atoms with Crippen LogP contribution in [0.15, 0.2) is 48.5 Å². The second-order valence-corrected chi connectivity index (χ2v) is 7.18. The van der Waals surface area contributed by atoms with Gasteiger partial charge in [-0.05, 0) is 55.5 Å². The van der Waals surface area contributed by atoms with Crippen LogP contribution in [0, 0.1) is 5.92 Å². The summed E-state index contributed by atoms with van der Waals surface area (Å²) in [6, 6.07) is 15.8. The molecule has 1 amide bonds. The number of hydrogen-bond donors (Lipinski definition) is 1. The molecule has 4 heteroatoms. The number of rotatable bonds is 5. The minimum absolute atomic E-state index is 0.0678. The summed E-state index contributed by atoms with van der Waals surface area (Å²) in [5, 5.41) is 3.06. The summed E-state index contributed by atoms with van der Waals surface area (Å²) in [6.45, 7) is 6.57. The Bertz CT molecular complexity index is 742. The molecule has 0 radical (unpaired) electrons. The van der Waals surface area contributed by atoms with Gasteiger partial charge < -0.3 is 15.0 Å². The van der Waals surface area contributed by atoms with Gasteiger partial charge in [0.05, 0.1) is 18.7 Å². The van der Waals surface area contributed by atoms with E-state index in [0.717, 1.165) is 24.6 Å². The van der Waals surface area contributed by atoms with E-state index in [4.69, 9.17) is 4.74 Å². The first kappa shape index (κ1) is 18.3. The molecule has 138 valence electrons. The van der Waals surface area contributed by atoms with Crippen molar-refractivity contribution in [3.63, 3.8) is 0 Å². The number of carbonyl (C=O) groups is 1. The van der Waals surface area contributed by atoms with Gasteiger partial charge in [-0.25, -0.2) is 0 Å². The minimum Gasteiger partial charge on any atom is -0.496 e. The number of benzene rings is 2. The van der Waals surface area contributed by atoms with E-state index in [9.17, 15) is 4.79 Å². The average molecular weight is 352 g/mol. The van der Waals surface area contributed by atoms with E-state index in [1.165, 1.54) is 18.5 Å². The lowest BCUT2D eigenvalue weighted by Crippen LogP contribution is -2.34. The van der Waals surface area contributed by atoms with Crippen molar-refractivity contribution in [2.75, 3.05) is 25.1 Å². The summed E-state index contributed by atoms with van der Waals surface area (Å²) >= 11 is 0. The summed E-state index contributed by atoms with van der Waals surface area (Å²) < 4.78 is 5.28. The van der Waals surface area contributed by atoms with Gasteiger partial charge in [-0.2, -0.15) is 0 Å². The number of anilines is 1. The van der Waals surface area contributed by atoms with Gasteiger partial charge in [0.2, 0.25) is 0 Å². The van der Waals surface area contributed by atoms with Crippen LogP contribution in [0.2, 0.25) is 0 Å². The van der Waals surface area contributed by atoms with Crippen molar-refractivity contribution in [2.45, 2.75) is 32.7 Å². The predicted octanol–water partition coefficient (Wildman–Crippen LogP) is 4.42. The van der Waals surface area contributed by atoms with Crippen molar-refractivity contribution >= 4 is 11.6 Å². The van der Waals surface area contributed by atoms with E-state index >= 15 is 0 Å². The van der Waals surface area contributed by atoms with Crippen LogP contribution in [-0.2, 0) is 0 Å². The Morgan fingerprint density at radius 1 is 1.19 bits per heavy atom. The highest BCUT2D eigenvalue weighted by atomic mass is 16.5. The van der Waals surface area contributed by atoms with Gasteiger partial charge in [0, 0.05) is 18.8 Å². The zero-order chi connectivity index (χ0) is 18.5. The van der Waals surface area contributed by atoms with Gasteiger partial charge in [0.15, 0.2) is 0 Å². The van der Waals surface area contributed by atoms with Crippen molar-refractivity contribution in [1.29, 1.82) is 0 Å². The molecule has 0 aromatic heterocycles. The first-order valence-electron chi connectivity index (χ1n) is 9.37. The number of carbonyl (C=O) groups excluding carboxylic acids is 1. The largest absolute Gasteiger partial charge is 0.496 e. The molecule has 1 aliphatic rings. The van der Waals surface area contributed by atoms with E-state index in [-0.39, 0.29) is 11.9 Å². The predicted molar refractivity (Wildman–Crippen MR) is 106 cm³/mol. The van der Waals surface area contributed by atoms with Crippen LogP contribution in [0.5, 0.6) is 5.75 Å². The summed E-state index contributed by atoms with van der Waals surface area (Å²) in [5.41, 5.74) is 2.92. The van der Waals surface area contributed by atoms with Crippen LogP contribution in [0.25, 0.3) is 0 Å². The molecule has 0 spiro atoms. The highest BCUT2D eigenvalue weighted by Crippen LogP contribution is 2.25. The molecule has 0 unspecified atom stereocenters. The molecule has 4 nitrogen and oxygen atoms in total. The van der Waals surface area contributed by atoms with Crippen molar-refractivity contribution in [1.82, 2.24) is 5.32 Å². The Balaban J connectivity index is 1.66. The maximum absolute atomic E-state index is 12.6. The van der Waals surface area contributed by atoms with Gasteiger partial charge in [-0.15, -0.1) is 0 Å². The summed E-state index contributed by atoms with van der Waals surface area (Å²) in [5.74, 6) is 1.22. The molecular formula is C22H28N2O2. The van der Waals surface area contributed by atoms with Crippen LogP contribution in [0.4, 0.5) is 5.69 Å². The zero-order valence-electron chi connectivity index (χ0n) is 15.9. The molecule has 2 atom stereocenters. The second kappa shape index (κ2) is 8.26. The Kier molecular flexibility index (Phi) is 5.82. The maximum atomic E-state index is 12.6. The van der Waals surface area contributed by atoms with Gasteiger partial charge in [-0.3, -0.25) is 4.79 Å².